The van der Waals surface area contributed by atoms with Crippen LogP contribution in [0.25, 0.3) is 11.1 Å². The minimum absolute atomic E-state index is 0.158. The highest BCUT2D eigenvalue weighted by molar-refractivity contribution is 7.98. The lowest BCUT2D eigenvalue weighted by Crippen LogP contribution is -2.41. The maximum Gasteiger partial charge on any atom is 0.251 e. The van der Waals surface area contributed by atoms with Crippen molar-refractivity contribution in [3.05, 3.63) is 60.2 Å². The third kappa shape index (κ3) is 5.41. The van der Waals surface area contributed by atoms with Gasteiger partial charge in [0.25, 0.3) is 5.91 Å². The van der Waals surface area contributed by atoms with E-state index in [0.717, 1.165) is 16.9 Å². The number of aliphatic hydroxyl groups is 1. The first-order valence-electron chi connectivity index (χ1n) is 7.67. The van der Waals surface area contributed by atoms with E-state index in [1.165, 1.54) is 0 Å². The summed E-state index contributed by atoms with van der Waals surface area (Å²) in [5, 5.41) is 13.0. The molecule has 0 bridgehead atoms. The molecule has 2 aromatic carbocycles. The van der Waals surface area contributed by atoms with Crippen LogP contribution in [0.5, 0.6) is 0 Å². The van der Waals surface area contributed by atoms with Crippen molar-refractivity contribution < 1.29 is 9.90 Å². The van der Waals surface area contributed by atoms with E-state index in [9.17, 15) is 9.90 Å². The standard InChI is InChI=1S/C19H23NO2S/c1-19(22,12-13-23-2)14-20-18(21)17-10-8-16(9-11-17)15-6-4-3-5-7-15/h3-11,22H,12-14H2,1-2H3,(H,20,21)/t19-/m1/s1. The number of benzene rings is 2. The molecule has 122 valence electrons. The van der Waals surface area contributed by atoms with Crippen molar-refractivity contribution in [1.82, 2.24) is 5.32 Å². The van der Waals surface area contributed by atoms with Crippen molar-refractivity contribution in [1.29, 1.82) is 0 Å². The van der Waals surface area contributed by atoms with E-state index < -0.39 is 5.60 Å². The van der Waals surface area contributed by atoms with Gasteiger partial charge in [-0.1, -0.05) is 42.5 Å². The summed E-state index contributed by atoms with van der Waals surface area (Å²) in [6.45, 7) is 2.01. The molecule has 0 aliphatic carbocycles. The predicted octanol–water partition coefficient (Wildman–Crippen LogP) is 3.59. The number of carbonyl (C=O) groups is 1. The summed E-state index contributed by atoms with van der Waals surface area (Å²) in [6.07, 6.45) is 2.66. The van der Waals surface area contributed by atoms with Gasteiger partial charge >= 0.3 is 0 Å². The minimum Gasteiger partial charge on any atom is -0.388 e. The number of nitrogens with one attached hydrogen (secondary N) is 1. The lowest BCUT2D eigenvalue weighted by atomic mass is 10.0. The second kappa shape index (κ2) is 8.18. The highest BCUT2D eigenvalue weighted by Crippen LogP contribution is 2.19. The molecule has 1 amide bonds. The zero-order chi connectivity index (χ0) is 16.7. The molecule has 0 saturated carbocycles. The molecule has 0 unspecified atom stereocenters. The predicted molar refractivity (Wildman–Crippen MR) is 97.8 cm³/mol. The Hall–Kier alpha value is -1.78. The van der Waals surface area contributed by atoms with E-state index in [2.05, 4.69) is 5.32 Å². The van der Waals surface area contributed by atoms with E-state index in [1.807, 2.05) is 60.9 Å². The summed E-state index contributed by atoms with van der Waals surface area (Å²) in [7, 11) is 0. The fourth-order valence-corrected chi connectivity index (χ4v) is 2.87. The molecular formula is C19H23NO2S. The molecule has 0 heterocycles. The summed E-state index contributed by atoms with van der Waals surface area (Å²) < 4.78 is 0. The van der Waals surface area contributed by atoms with Crippen LogP contribution in [0.2, 0.25) is 0 Å². The van der Waals surface area contributed by atoms with Gasteiger partial charge in [0, 0.05) is 12.1 Å². The lowest BCUT2D eigenvalue weighted by molar-refractivity contribution is 0.0528. The summed E-state index contributed by atoms with van der Waals surface area (Å²) in [6, 6.07) is 17.6. The SMILES string of the molecule is CSCC[C@@](C)(O)CNC(=O)c1ccc(-c2ccccc2)cc1. The summed E-state index contributed by atoms with van der Waals surface area (Å²) >= 11 is 1.69. The Bertz CT molecular complexity index is 624. The average molecular weight is 329 g/mol. The van der Waals surface area contributed by atoms with Gasteiger partial charge in [-0.2, -0.15) is 11.8 Å². The van der Waals surface area contributed by atoms with Crippen molar-refractivity contribution in [3.8, 4) is 11.1 Å². The van der Waals surface area contributed by atoms with Crippen LogP contribution in [0.3, 0.4) is 0 Å². The molecule has 1 atom stereocenters. The van der Waals surface area contributed by atoms with Gasteiger partial charge in [0.2, 0.25) is 0 Å². The molecule has 23 heavy (non-hydrogen) atoms. The third-order valence-corrected chi connectivity index (χ3v) is 4.34. The van der Waals surface area contributed by atoms with Crippen LogP contribution in [0.15, 0.2) is 54.6 Å². The minimum atomic E-state index is -0.872. The maximum atomic E-state index is 12.2. The van der Waals surface area contributed by atoms with Gasteiger partial charge in [-0.25, -0.2) is 0 Å². The van der Waals surface area contributed by atoms with Gasteiger partial charge in [0.05, 0.1) is 5.60 Å². The van der Waals surface area contributed by atoms with Crippen molar-refractivity contribution in [2.45, 2.75) is 18.9 Å². The van der Waals surface area contributed by atoms with Crippen LogP contribution in [0.4, 0.5) is 0 Å². The number of hydrogen-bond donors (Lipinski definition) is 2. The molecule has 0 radical (unpaired) electrons. The summed E-state index contributed by atoms with van der Waals surface area (Å²) in [5.41, 5.74) is 1.93. The molecule has 0 saturated heterocycles. The Morgan fingerprint density at radius 3 is 2.30 bits per heavy atom. The first-order chi connectivity index (χ1) is 11.0. The van der Waals surface area contributed by atoms with Crippen molar-refractivity contribution >= 4 is 17.7 Å². The van der Waals surface area contributed by atoms with Gasteiger partial charge < -0.3 is 10.4 Å². The Morgan fingerprint density at radius 1 is 1.09 bits per heavy atom. The second-order valence-electron chi connectivity index (χ2n) is 5.87. The van der Waals surface area contributed by atoms with E-state index in [0.29, 0.717) is 12.0 Å². The molecule has 2 aromatic rings. The highest BCUT2D eigenvalue weighted by Gasteiger charge is 2.20. The third-order valence-electron chi connectivity index (χ3n) is 3.73. The Balaban J connectivity index is 1.95. The number of hydrogen-bond acceptors (Lipinski definition) is 3. The van der Waals surface area contributed by atoms with Crippen LogP contribution >= 0.6 is 11.8 Å². The smallest absolute Gasteiger partial charge is 0.251 e. The fourth-order valence-electron chi connectivity index (χ4n) is 2.23. The van der Waals surface area contributed by atoms with Crippen LogP contribution < -0.4 is 5.32 Å². The van der Waals surface area contributed by atoms with E-state index in [-0.39, 0.29) is 12.5 Å². The highest BCUT2D eigenvalue weighted by atomic mass is 32.2. The molecule has 3 nitrogen and oxygen atoms in total. The zero-order valence-corrected chi connectivity index (χ0v) is 14.4. The van der Waals surface area contributed by atoms with E-state index in [4.69, 9.17) is 0 Å². The van der Waals surface area contributed by atoms with Gasteiger partial charge in [-0.3, -0.25) is 4.79 Å². The second-order valence-corrected chi connectivity index (χ2v) is 6.85. The van der Waals surface area contributed by atoms with Gasteiger partial charge in [-0.05, 0) is 48.6 Å². The molecule has 0 aliphatic heterocycles. The van der Waals surface area contributed by atoms with Crippen molar-refractivity contribution in [2.75, 3.05) is 18.6 Å². The van der Waals surface area contributed by atoms with Crippen LogP contribution in [-0.2, 0) is 0 Å². The van der Waals surface area contributed by atoms with Crippen molar-refractivity contribution in [3.63, 3.8) is 0 Å². The van der Waals surface area contributed by atoms with Gasteiger partial charge in [0.15, 0.2) is 0 Å². The maximum absolute atomic E-state index is 12.2. The normalized spacial score (nSPS) is 13.3. The topological polar surface area (TPSA) is 49.3 Å². The molecule has 0 fully saturated rings. The lowest BCUT2D eigenvalue weighted by Gasteiger charge is -2.23. The van der Waals surface area contributed by atoms with Crippen LogP contribution in [0, 0.1) is 0 Å². The van der Waals surface area contributed by atoms with Gasteiger partial charge in [-0.15, -0.1) is 0 Å². The van der Waals surface area contributed by atoms with Crippen molar-refractivity contribution in [2.24, 2.45) is 0 Å². The number of carbonyl (C=O) groups excluding carboxylic acids is 1. The zero-order valence-electron chi connectivity index (χ0n) is 13.6. The van der Waals surface area contributed by atoms with E-state index in [1.54, 1.807) is 18.7 Å². The van der Waals surface area contributed by atoms with E-state index >= 15 is 0 Å². The van der Waals surface area contributed by atoms with Gasteiger partial charge in [0.1, 0.15) is 0 Å². The average Bonchev–Trinajstić information content (AvgIpc) is 2.59. The summed E-state index contributed by atoms with van der Waals surface area (Å²) in [5.74, 6) is 0.711. The fraction of sp³-hybridized carbons (Fsp3) is 0.316. The molecule has 0 spiro atoms. The molecule has 2 N–H and O–H groups in total. The monoisotopic (exact) mass is 329 g/mol. The van der Waals surface area contributed by atoms with Crippen LogP contribution in [0.1, 0.15) is 23.7 Å². The quantitative estimate of drug-likeness (QED) is 0.816. The molecule has 2 rings (SSSR count). The molecular weight excluding hydrogens is 306 g/mol. The Kier molecular flexibility index (Phi) is 6.25. The number of thioether (sulfide) groups is 1. The molecule has 0 aliphatic rings. The first kappa shape index (κ1) is 17.6. The number of amides is 1. The Labute approximate surface area is 142 Å². The summed E-state index contributed by atoms with van der Waals surface area (Å²) in [4.78, 5) is 12.2. The first-order valence-corrected chi connectivity index (χ1v) is 9.06. The van der Waals surface area contributed by atoms with Crippen LogP contribution in [-0.4, -0.2) is 35.2 Å². The number of rotatable bonds is 7. The molecule has 4 heteroatoms. The molecule has 0 aromatic heterocycles. The largest absolute Gasteiger partial charge is 0.388 e. The Morgan fingerprint density at radius 2 is 1.70 bits per heavy atom.